The molecule has 119 valence electrons. The van der Waals surface area contributed by atoms with Crippen LogP contribution in [0.15, 0.2) is 36.5 Å². The Balaban J connectivity index is 0.00000135. The molecule has 0 aliphatic heterocycles. The molecule has 2 aliphatic carbocycles. The third-order valence-corrected chi connectivity index (χ3v) is 6.85. The van der Waals surface area contributed by atoms with Gasteiger partial charge in [-0.25, -0.2) is 0 Å². The van der Waals surface area contributed by atoms with Gasteiger partial charge in [-0.3, -0.25) is 0 Å². The van der Waals surface area contributed by atoms with Gasteiger partial charge < -0.3 is 4.98 Å². The summed E-state index contributed by atoms with van der Waals surface area (Å²) in [7, 11) is 0. The molecule has 0 amide bonds. The Kier molecular flexibility index (Phi) is 3.09. The van der Waals surface area contributed by atoms with Crippen LogP contribution in [-0.2, 0) is 25.5 Å². The molecule has 5 rings (SSSR count). The third-order valence-electron chi connectivity index (χ3n) is 6.85. The molecule has 1 fully saturated rings. The van der Waals surface area contributed by atoms with Gasteiger partial charge >= 0.3 is 0 Å². The van der Waals surface area contributed by atoms with E-state index in [4.69, 9.17) is 4.98 Å². The van der Waals surface area contributed by atoms with Gasteiger partial charge in [0.05, 0.1) is 0 Å². The maximum atomic E-state index is 4.87. The van der Waals surface area contributed by atoms with Crippen molar-refractivity contribution in [2.45, 2.75) is 44.9 Å². The Morgan fingerprint density at radius 3 is 2.83 bits per heavy atom. The molecular formula is C21H20IrN-. The van der Waals surface area contributed by atoms with E-state index in [1.807, 2.05) is 12.1 Å². The molecule has 0 N–H and O–H groups in total. The average molecular weight is 479 g/mol. The van der Waals surface area contributed by atoms with E-state index in [1.165, 1.54) is 29.2 Å². The fraction of sp³-hybridized carbons (Fsp3) is 0.381. The molecule has 2 atom stereocenters. The van der Waals surface area contributed by atoms with Crippen LogP contribution in [0.3, 0.4) is 0 Å². The van der Waals surface area contributed by atoms with Gasteiger partial charge in [0.1, 0.15) is 0 Å². The Bertz CT molecular complexity index is 943. The minimum absolute atomic E-state index is 0. The van der Waals surface area contributed by atoms with Crippen molar-refractivity contribution >= 4 is 21.7 Å². The quantitative estimate of drug-likeness (QED) is 0.313. The van der Waals surface area contributed by atoms with Crippen molar-refractivity contribution in [2.24, 2.45) is 5.41 Å². The molecule has 2 heteroatoms. The van der Waals surface area contributed by atoms with Crippen LogP contribution in [0.1, 0.15) is 50.7 Å². The fourth-order valence-corrected chi connectivity index (χ4v) is 5.24. The molecule has 1 aromatic heterocycles. The van der Waals surface area contributed by atoms with Gasteiger partial charge in [-0.05, 0) is 51.6 Å². The van der Waals surface area contributed by atoms with E-state index in [0.29, 0.717) is 11.3 Å². The average Bonchev–Trinajstić information content (AvgIpc) is 2.86. The number of hydrogen-bond acceptors (Lipinski definition) is 1. The number of aromatic nitrogens is 1. The summed E-state index contributed by atoms with van der Waals surface area (Å²) in [5.41, 5.74) is 4.80. The zero-order valence-electron chi connectivity index (χ0n) is 13.7. The molecule has 2 aliphatic rings. The second-order valence-electron chi connectivity index (χ2n) is 7.83. The first-order valence-corrected chi connectivity index (χ1v) is 8.26. The zero-order valence-corrected chi connectivity index (χ0v) is 16.1. The fourth-order valence-electron chi connectivity index (χ4n) is 5.24. The third kappa shape index (κ3) is 1.64. The summed E-state index contributed by atoms with van der Waals surface area (Å²) in [6.07, 6.45) is 4.77. The molecule has 1 saturated carbocycles. The van der Waals surface area contributed by atoms with Crippen LogP contribution in [0.5, 0.6) is 0 Å². The van der Waals surface area contributed by atoms with Crippen LogP contribution >= 0.6 is 0 Å². The number of rotatable bonds is 0. The Morgan fingerprint density at radius 1 is 1.17 bits per heavy atom. The predicted octanol–water partition coefficient (Wildman–Crippen LogP) is 5.36. The van der Waals surface area contributed by atoms with Gasteiger partial charge in [0.25, 0.3) is 0 Å². The minimum atomic E-state index is 0. The number of benzene rings is 2. The van der Waals surface area contributed by atoms with E-state index in [0.717, 1.165) is 10.9 Å². The van der Waals surface area contributed by atoms with Gasteiger partial charge in [0, 0.05) is 26.3 Å². The molecule has 3 aromatic rings. The summed E-state index contributed by atoms with van der Waals surface area (Å²) in [6.45, 7) is 7.37. The second kappa shape index (κ2) is 4.65. The second-order valence-corrected chi connectivity index (χ2v) is 7.83. The van der Waals surface area contributed by atoms with Gasteiger partial charge in [-0.15, -0.1) is 35.0 Å². The van der Waals surface area contributed by atoms with E-state index in [9.17, 15) is 0 Å². The molecule has 23 heavy (non-hydrogen) atoms. The van der Waals surface area contributed by atoms with Crippen molar-refractivity contribution in [3.05, 3.63) is 53.7 Å². The summed E-state index contributed by atoms with van der Waals surface area (Å²) >= 11 is 0. The van der Waals surface area contributed by atoms with Crippen molar-refractivity contribution < 1.29 is 20.1 Å². The Labute approximate surface area is 150 Å². The first kappa shape index (κ1) is 15.3. The summed E-state index contributed by atoms with van der Waals surface area (Å²) in [6, 6.07) is 14.1. The molecule has 0 spiro atoms. The molecule has 2 bridgehead atoms. The standard InChI is InChI=1S/C21H20N.Ir/c1-20(2)17-10-11-21(20,3)18-15-9-8-13-6-4-5-7-14(13)19(15)22-12-16(17)18;/h4-6,8-9,12,17H,10-11H2,1-3H3;/q-1;/t17-,21+;/m0./s1. The van der Waals surface area contributed by atoms with E-state index >= 15 is 0 Å². The summed E-state index contributed by atoms with van der Waals surface area (Å²) in [5, 5.41) is 3.74. The molecule has 2 aromatic carbocycles. The monoisotopic (exact) mass is 479 g/mol. The molecular weight excluding hydrogens is 458 g/mol. The van der Waals surface area contributed by atoms with Gasteiger partial charge in [0.2, 0.25) is 0 Å². The summed E-state index contributed by atoms with van der Waals surface area (Å²) in [4.78, 5) is 4.87. The topological polar surface area (TPSA) is 12.9 Å². The maximum absolute atomic E-state index is 4.87. The largest absolute Gasteiger partial charge is 0.304 e. The van der Waals surface area contributed by atoms with Gasteiger partial charge in [-0.1, -0.05) is 32.9 Å². The number of fused-ring (bicyclic) bond motifs is 9. The zero-order chi connectivity index (χ0) is 15.1. The first-order chi connectivity index (χ1) is 10.5. The normalized spacial score (nSPS) is 27.2. The van der Waals surface area contributed by atoms with Crippen molar-refractivity contribution in [3.8, 4) is 0 Å². The number of hydrogen-bond donors (Lipinski definition) is 0. The molecule has 0 saturated heterocycles. The van der Waals surface area contributed by atoms with Crippen molar-refractivity contribution in [3.63, 3.8) is 0 Å². The maximum Gasteiger partial charge on any atom is 0.0199 e. The molecule has 1 nitrogen and oxygen atoms in total. The van der Waals surface area contributed by atoms with Gasteiger partial charge in [-0.2, -0.15) is 0 Å². The Hall–Kier alpha value is -1.24. The molecule has 0 unspecified atom stereocenters. The number of pyridine rings is 1. The van der Waals surface area contributed by atoms with Crippen molar-refractivity contribution in [2.75, 3.05) is 0 Å². The van der Waals surface area contributed by atoms with Crippen molar-refractivity contribution in [1.82, 2.24) is 4.98 Å². The van der Waals surface area contributed by atoms with E-state index in [1.54, 1.807) is 5.56 Å². The van der Waals surface area contributed by atoms with Crippen LogP contribution in [-0.4, -0.2) is 4.98 Å². The van der Waals surface area contributed by atoms with E-state index in [2.05, 4.69) is 51.2 Å². The molecule has 1 radical (unpaired) electrons. The Morgan fingerprint density at radius 2 is 2.00 bits per heavy atom. The summed E-state index contributed by atoms with van der Waals surface area (Å²) in [5.74, 6) is 0.667. The first-order valence-electron chi connectivity index (χ1n) is 8.26. The van der Waals surface area contributed by atoms with Gasteiger partial charge in [0.15, 0.2) is 0 Å². The SMILES string of the molecule is CC1(C)[C@H]2CC[C@]1(C)c1c2cnc2c1ccc1ccc[c-]c12.[Ir]. The van der Waals surface area contributed by atoms with Crippen LogP contribution in [0.25, 0.3) is 21.7 Å². The predicted molar refractivity (Wildman–Crippen MR) is 91.2 cm³/mol. The van der Waals surface area contributed by atoms with Crippen LogP contribution < -0.4 is 0 Å². The number of nitrogens with zero attached hydrogens (tertiary/aromatic N) is 1. The molecule has 1 heterocycles. The van der Waals surface area contributed by atoms with Crippen LogP contribution in [0.2, 0.25) is 0 Å². The minimum Gasteiger partial charge on any atom is -0.304 e. The van der Waals surface area contributed by atoms with E-state index < -0.39 is 0 Å². The van der Waals surface area contributed by atoms with Crippen LogP contribution in [0, 0.1) is 11.5 Å². The smallest absolute Gasteiger partial charge is 0.0199 e. The van der Waals surface area contributed by atoms with Crippen molar-refractivity contribution in [1.29, 1.82) is 0 Å². The van der Waals surface area contributed by atoms with Crippen LogP contribution in [0.4, 0.5) is 0 Å². The summed E-state index contributed by atoms with van der Waals surface area (Å²) < 4.78 is 0. The van der Waals surface area contributed by atoms with E-state index in [-0.39, 0.29) is 25.5 Å².